The molecule has 0 saturated carbocycles. The quantitative estimate of drug-likeness (QED) is 0.316. The molecule has 0 N–H and O–H groups in total. The van der Waals surface area contributed by atoms with Gasteiger partial charge < -0.3 is 0 Å². The molecule has 0 unspecified atom stereocenters. The number of hydrogen-bond acceptors (Lipinski definition) is 2. The molecule has 0 spiro atoms. The second-order valence-corrected chi connectivity index (χ2v) is 3.68. The van der Waals surface area contributed by atoms with Gasteiger partial charge >= 0.3 is 0 Å². The molecule has 2 heteroatoms. The van der Waals surface area contributed by atoms with E-state index in [1.54, 1.807) is 24.3 Å². The molecule has 1 aromatic carbocycles. The fraction of sp³-hybridized carbons (Fsp3) is 0.278. The maximum Gasteiger partial charge on any atom is 0.194 e. The lowest BCUT2D eigenvalue weighted by atomic mass is 10.0. The van der Waals surface area contributed by atoms with E-state index in [1.807, 2.05) is 58.9 Å². The molecule has 110 valence electrons. The van der Waals surface area contributed by atoms with E-state index < -0.39 is 0 Å². The number of hydrogen-bond donors (Lipinski definition) is 1. The van der Waals surface area contributed by atoms with Crippen molar-refractivity contribution in [3.05, 3.63) is 66.3 Å². The fourth-order valence-electron chi connectivity index (χ4n) is 1.26. The monoisotopic (exact) mass is 290 g/mol. The number of rotatable bonds is 4. The van der Waals surface area contributed by atoms with Crippen molar-refractivity contribution in [2.45, 2.75) is 39.5 Å². The summed E-state index contributed by atoms with van der Waals surface area (Å²) < 4.78 is 0. The molecule has 1 nitrogen and oxygen atoms in total. The minimum Gasteiger partial charge on any atom is -0.289 e. The molecule has 0 aliphatic carbocycles. The maximum absolute atomic E-state index is 12.1. The van der Waals surface area contributed by atoms with Crippen molar-refractivity contribution in [1.29, 1.82) is 0 Å². The summed E-state index contributed by atoms with van der Waals surface area (Å²) >= 11 is 4.26. The molecule has 0 atom stereocenters. The molecule has 0 amide bonds. The Bertz CT molecular complexity index is 456. The third kappa shape index (κ3) is 7.15. The van der Waals surface area contributed by atoms with Crippen LogP contribution < -0.4 is 0 Å². The zero-order chi connectivity index (χ0) is 16.0. The van der Waals surface area contributed by atoms with Crippen LogP contribution in [0.4, 0.5) is 0 Å². The second-order valence-electron chi connectivity index (χ2n) is 3.20. The van der Waals surface area contributed by atoms with Crippen LogP contribution in [-0.4, -0.2) is 5.78 Å². The predicted octanol–water partition coefficient (Wildman–Crippen LogP) is 5.90. The van der Waals surface area contributed by atoms with Gasteiger partial charge in [0.05, 0.1) is 0 Å². The first-order valence-electron chi connectivity index (χ1n) is 6.98. The third-order valence-corrected chi connectivity index (χ3v) is 2.49. The van der Waals surface area contributed by atoms with Crippen molar-refractivity contribution in [3.8, 4) is 0 Å². The lowest BCUT2D eigenvalue weighted by Gasteiger charge is -2.03. The van der Waals surface area contributed by atoms with Crippen molar-refractivity contribution in [3.63, 3.8) is 0 Å². The summed E-state index contributed by atoms with van der Waals surface area (Å²) in [5, 5.41) is 0. The Labute approximate surface area is 129 Å². The lowest BCUT2D eigenvalue weighted by Crippen LogP contribution is -2.02. The number of ketones is 1. The molecule has 0 saturated heterocycles. The number of carbonyl (C=O) groups is 1. The third-order valence-electron chi connectivity index (χ3n) is 2.10. The Morgan fingerprint density at radius 1 is 1.15 bits per heavy atom. The molecule has 0 bridgehead atoms. The maximum atomic E-state index is 12.1. The molecule has 0 aliphatic heterocycles. The topological polar surface area (TPSA) is 17.1 Å². The highest BCUT2D eigenvalue weighted by atomic mass is 32.1. The van der Waals surface area contributed by atoms with E-state index in [0.29, 0.717) is 16.0 Å². The van der Waals surface area contributed by atoms with Crippen LogP contribution in [-0.2, 0) is 0 Å². The highest BCUT2D eigenvalue weighted by Gasteiger charge is 2.10. The van der Waals surface area contributed by atoms with Crippen LogP contribution in [0.5, 0.6) is 0 Å². The van der Waals surface area contributed by atoms with Gasteiger partial charge in [-0.2, -0.15) is 0 Å². The van der Waals surface area contributed by atoms with Crippen LogP contribution in [0.15, 0.2) is 65.6 Å². The highest BCUT2D eigenvalue weighted by Crippen LogP contribution is 2.17. The molecule has 1 aromatic rings. The van der Waals surface area contributed by atoms with E-state index in [9.17, 15) is 4.79 Å². The largest absolute Gasteiger partial charge is 0.289 e. The SMILES string of the molecule is C=C/C(=C\C=C/C)C(=O)c1ccccc1S.CC.CC. The van der Waals surface area contributed by atoms with Gasteiger partial charge in [-0.3, -0.25) is 4.79 Å². The summed E-state index contributed by atoms with van der Waals surface area (Å²) in [5.74, 6) is -0.0568. The molecule has 20 heavy (non-hydrogen) atoms. The number of benzene rings is 1. The first-order valence-corrected chi connectivity index (χ1v) is 7.43. The molecule has 0 fully saturated rings. The minimum atomic E-state index is -0.0568. The van der Waals surface area contributed by atoms with Gasteiger partial charge in [-0.1, -0.05) is 70.7 Å². The average Bonchev–Trinajstić information content (AvgIpc) is 2.52. The predicted molar refractivity (Wildman–Crippen MR) is 93.8 cm³/mol. The van der Waals surface area contributed by atoms with Crippen molar-refractivity contribution in [2.75, 3.05) is 0 Å². The van der Waals surface area contributed by atoms with Gasteiger partial charge in [0, 0.05) is 16.0 Å². The normalized spacial score (nSPS) is 10.0. The standard InChI is InChI=1S/C14H14OS.2C2H6/c1-3-5-8-11(4-2)14(15)12-9-6-7-10-13(12)16;2*1-2/h3-10,16H,2H2,1H3;2*1-2H3/b5-3-,11-8+;;. The Kier molecular flexibility index (Phi) is 14.4. The minimum absolute atomic E-state index is 0.0568. The number of carbonyl (C=O) groups excluding carboxylic acids is 1. The average molecular weight is 290 g/mol. The van der Waals surface area contributed by atoms with Crippen molar-refractivity contribution >= 4 is 18.4 Å². The second kappa shape index (κ2) is 13.9. The highest BCUT2D eigenvalue weighted by molar-refractivity contribution is 7.80. The van der Waals surface area contributed by atoms with Crippen molar-refractivity contribution in [1.82, 2.24) is 0 Å². The van der Waals surface area contributed by atoms with Crippen molar-refractivity contribution < 1.29 is 4.79 Å². The number of thiol groups is 1. The molecular formula is C18H26OS. The fourth-order valence-corrected chi connectivity index (χ4v) is 1.52. The summed E-state index contributed by atoms with van der Waals surface area (Å²) in [6.07, 6.45) is 6.98. The molecule has 0 aromatic heterocycles. The van der Waals surface area contributed by atoms with Crippen LogP contribution in [0.25, 0.3) is 0 Å². The zero-order valence-electron chi connectivity index (χ0n) is 13.2. The lowest BCUT2D eigenvalue weighted by molar-refractivity contribution is 0.103. The Hall–Kier alpha value is -1.54. The van der Waals surface area contributed by atoms with Crippen LogP contribution in [0.2, 0.25) is 0 Å². The van der Waals surface area contributed by atoms with Gasteiger partial charge in [0.15, 0.2) is 5.78 Å². The number of allylic oxidation sites excluding steroid dienone is 5. The van der Waals surface area contributed by atoms with E-state index in [2.05, 4.69) is 19.2 Å². The number of Topliss-reactive ketones (excluding diaryl/α,β-unsaturated/α-hetero) is 1. The van der Waals surface area contributed by atoms with Crippen LogP contribution >= 0.6 is 12.6 Å². The molecule has 0 radical (unpaired) electrons. The molecule has 0 aliphatic rings. The van der Waals surface area contributed by atoms with E-state index in [1.165, 1.54) is 0 Å². The van der Waals surface area contributed by atoms with Gasteiger partial charge in [-0.25, -0.2) is 0 Å². The van der Waals surface area contributed by atoms with E-state index >= 15 is 0 Å². The van der Waals surface area contributed by atoms with Crippen LogP contribution in [0.1, 0.15) is 45.0 Å². The van der Waals surface area contributed by atoms with Gasteiger partial charge in [-0.15, -0.1) is 12.6 Å². The summed E-state index contributed by atoms with van der Waals surface area (Å²) in [6, 6.07) is 7.23. The molecule has 1 rings (SSSR count). The van der Waals surface area contributed by atoms with Gasteiger partial charge in [0.1, 0.15) is 0 Å². The molecule has 0 heterocycles. The Morgan fingerprint density at radius 2 is 1.70 bits per heavy atom. The van der Waals surface area contributed by atoms with Gasteiger partial charge in [-0.05, 0) is 19.1 Å². The summed E-state index contributed by atoms with van der Waals surface area (Å²) in [4.78, 5) is 12.8. The van der Waals surface area contributed by atoms with Gasteiger partial charge in [0.2, 0.25) is 0 Å². The van der Waals surface area contributed by atoms with Crippen molar-refractivity contribution in [2.24, 2.45) is 0 Å². The summed E-state index contributed by atoms with van der Waals surface area (Å²) in [5.41, 5.74) is 1.17. The van der Waals surface area contributed by atoms with E-state index in [-0.39, 0.29) is 5.78 Å². The molecular weight excluding hydrogens is 264 g/mol. The zero-order valence-corrected chi connectivity index (χ0v) is 14.1. The van der Waals surface area contributed by atoms with Crippen LogP contribution in [0.3, 0.4) is 0 Å². The van der Waals surface area contributed by atoms with E-state index in [4.69, 9.17) is 0 Å². The smallest absolute Gasteiger partial charge is 0.194 e. The van der Waals surface area contributed by atoms with Crippen LogP contribution in [0, 0.1) is 0 Å². The van der Waals surface area contributed by atoms with E-state index in [0.717, 1.165) is 0 Å². The summed E-state index contributed by atoms with van der Waals surface area (Å²) in [6.45, 7) is 13.5. The Morgan fingerprint density at radius 3 is 2.15 bits per heavy atom. The first-order chi connectivity index (χ1) is 9.70. The summed E-state index contributed by atoms with van der Waals surface area (Å²) in [7, 11) is 0. The Balaban J connectivity index is 0. The van der Waals surface area contributed by atoms with Gasteiger partial charge in [0.25, 0.3) is 0 Å². The first kappa shape index (κ1) is 20.8.